The molecule has 1 heterocycles. The molecule has 0 saturated carbocycles. The molecule has 0 aliphatic carbocycles. The molecule has 0 bridgehead atoms. The van der Waals surface area contributed by atoms with Gasteiger partial charge < -0.3 is 5.73 Å². The van der Waals surface area contributed by atoms with Crippen molar-refractivity contribution < 1.29 is 4.39 Å². The summed E-state index contributed by atoms with van der Waals surface area (Å²) in [6, 6.07) is 12.7. The highest BCUT2D eigenvalue weighted by atomic mass is 32.2. The highest BCUT2D eigenvalue weighted by Gasteiger charge is 2.09. The van der Waals surface area contributed by atoms with Crippen molar-refractivity contribution in [3.63, 3.8) is 0 Å². The standard InChI is InChI=1S/C14H11FN2S2/c15-10-5-6-12(9(7-10)8-16)18-14-17-11-3-1-2-4-13(11)19-14/h1-7H,8,16H2. The van der Waals surface area contributed by atoms with Crippen molar-refractivity contribution in [2.75, 3.05) is 0 Å². The van der Waals surface area contributed by atoms with Gasteiger partial charge in [0.1, 0.15) is 5.82 Å². The van der Waals surface area contributed by atoms with E-state index in [1.165, 1.54) is 23.9 Å². The predicted octanol–water partition coefficient (Wildman–Crippen LogP) is 4.05. The lowest BCUT2D eigenvalue weighted by Gasteiger charge is -2.05. The van der Waals surface area contributed by atoms with Gasteiger partial charge in [-0.15, -0.1) is 11.3 Å². The van der Waals surface area contributed by atoms with Crippen LogP contribution in [0.4, 0.5) is 4.39 Å². The van der Waals surface area contributed by atoms with Crippen LogP contribution in [0.3, 0.4) is 0 Å². The second-order valence-corrected chi connectivity index (χ2v) is 6.33. The number of halogens is 1. The van der Waals surface area contributed by atoms with Crippen LogP contribution in [0.1, 0.15) is 5.56 Å². The Hall–Kier alpha value is -1.43. The van der Waals surface area contributed by atoms with Crippen molar-refractivity contribution in [2.45, 2.75) is 15.8 Å². The molecule has 0 amide bonds. The molecule has 19 heavy (non-hydrogen) atoms. The third-order valence-corrected chi connectivity index (χ3v) is 4.93. The highest BCUT2D eigenvalue weighted by Crippen LogP contribution is 2.35. The zero-order valence-electron chi connectivity index (χ0n) is 9.97. The molecule has 96 valence electrons. The summed E-state index contributed by atoms with van der Waals surface area (Å²) in [7, 11) is 0. The summed E-state index contributed by atoms with van der Waals surface area (Å²) in [4.78, 5) is 5.51. The van der Waals surface area contributed by atoms with Crippen LogP contribution in [0, 0.1) is 5.82 Å². The van der Waals surface area contributed by atoms with E-state index in [-0.39, 0.29) is 5.82 Å². The summed E-state index contributed by atoms with van der Waals surface area (Å²) in [6.07, 6.45) is 0. The smallest absolute Gasteiger partial charge is 0.155 e. The Bertz CT molecular complexity index is 691. The van der Waals surface area contributed by atoms with Crippen LogP contribution >= 0.6 is 23.1 Å². The lowest BCUT2D eigenvalue weighted by molar-refractivity contribution is 0.623. The molecule has 2 N–H and O–H groups in total. The molecule has 3 aromatic rings. The Balaban J connectivity index is 1.96. The summed E-state index contributed by atoms with van der Waals surface area (Å²) < 4.78 is 15.3. The number of nitrogens with zero attached hydrogens (tertiary/aromatic N) is 1. The van der Waals surface area contributed by atoms with Crippen molar-refractivity contribution >= 4 is 33.3 Å². The second-order valence-electron chi connectivity index (χ2n) is 4.01. The molecule has 3 rings (SSSR count). The first kappa shape index (κ1) is 12.6. The average Bonchev–Trinajstić information content (AvgIpc) is 2.83. The molecule has 2 aromatic carbocycles. The third kappa shape index (κ3) is 2.63. The topological polar surface area (TPSA) is 38.9 Å². The van der Waals surface area contributed by atoms with E-state index in [1.54, 1.807) is 17.4 Å². The first-order chi connectivity index (χ1) is 9.26. The predicted molar refractivity (Wildman–Crippen MR) is 78.0 cm³/mol. The zero-order valence-corrected chi connectivity index (χ0v) is 11.6. The fourth-order valence-electron chi connectivity index (χ4n) is 1.80. The molecule has 0 spiro atoms. The van der Waals surface area contributed by atoms with E-state index in [9.17, 15) is 4.39 Å². The van der Waals surface area contributed by atoms with Crippen molar-refractivity contribution in [1.82, 2.24) is 4.98 Å². The largest absolute Gasteiger partial charge is 0.326 e. The number of benzene rings is 2. The van der Waals surface area contributed by atoms with Gasteiger partial charge in [-0.25, -0.2) is 9.37 Å². The van der Waals surface area contributed by atoms with E-state index in [2.05, 4.69) is 4.98 Å². The SMILES string of the molecule is NCc1cc(F)ccc1Sc1nc2ccccc2s1. The van der Waals surface area contributed by atoms with Gasteiger partial charge in [-0.05, 0) is 35.9 Å². The summed E-state index contributed by atoms with van der Waals surface area (Å²) in [5.74, 6) is -0.255. The van der Waals surface area contributed by atoms with Crippen molar-refractivity contribution in [2.24, 2.45) is 5.73 Å². The zero-order chi connectivity index (χ0) is 13.2. The van der Waals surface area contributed by atoms with Gasteiger partial charge in [0, 0.05) is 11.4 Å². The van der Waals surface area contributed by atoms with Gasteiger partial charge in [0.05, 0.1) is 10.2 Å². The number of fused-ring (bicyclic) bond motifs is 1. The Labute approximate surface area is 118 Å². The fraction of sp³-hybridized carbons (Fsp3) is 0.0714. The Kier molecular flexibility index (Phi) is 3.50. The van der Waals surface area contributed by atoms with Crippen LogP contribution in [0.15, 0.2) is 51.7 Å². The summed E-state index contributed by atoms with van der Waals surface area (Å²) in [5, 5.41) is 0. The highest BCUT2D eigenvalue weighted by molar-refractivity contribution is 8.01. The van der Waals surface area contributed by atoms with E-state index < -0.39 is 0 Å². The maximum absolute atomic E-state index is 13.2. The van der Waals surface area contributed by atoms with Gasteiger partial charge in [0.25, 0.3) is 0 Å². The number of rotatable bonds is 3. The number of nitrogens with two attached hydrogens (primary N) is 1. The Morgan fingerprint density at radius 1 is 1.21 bits per heavy atom. The van der Waals surface area contributed by atoms with Gasteiger partial charge in [-0.3, -0.25) is 0 Å². The van der Waals surface area contributed by atoms with E-state index in [0.29, 0.717) is 6.54 Å². The molecule has 5 heteroatoms. The first-order valence-corrected chi connectivity index (χ1v) is 7.41. The van der Waals surface area contributed by atoms with Gasteiger partial charge in [-0.2, -0.15) is 0 Å². The van der Waals surface area contributed by atoms with E-state index in [4.69, 9.17) is 5.73 Å². The molecular formula is C14H11FN2S2. The van der Waals surface area contributed by atoms with Gasteiger partial charge in [-0.1, -0.05) is 23.9 Å². The number of aromatic nitrogens is 1. The van der Waals surface area contributed by atoms with Crippen LogP contribution in [-0.4, -0.2) is 4.98 Å². The quantitative estimate of drug-likeness (QED) is 0.791. The summed E-state index contributed by atoms with van der Waals surface area (Å²) in [5.41, 5.74) is 7.45. The van der Waals surface area contributed by atoms with Crippen LogP contribution in [0.25, 0.3) is 10.2 Å². The summed E-state index contributed by atoms with van der Waals surface area (Å²) >= 11 is 3.17. The lowest BCUT2D eigenvalue weighted by Crippen LogP contribution is -1.98. The fourth-order valence-corrected chi connectivity index (χ4v) is 3.94. The molecule has 0 aliphatic heterocycles. The van der Waals surface area contributed by atoms with Crippen LogP contribution < -0.4 is 5.73 Å². The molecular weight excluding hydrogens is 279 g/mol. The molecule has 0 atom stereocenters. The molecule has 0 unspecified atom stereocenters. The van der Waals surface area contributed by atoms with Crippen molar-refractivity contribution in [1.29, 1.82) is 0 Å². The minimum atomic E-state index is -0.255. The van der Waals surface area contributed by atoms with Crippen molar-refractivity contribution in [3.05, 3.63) is 53.8 Å². The van der Waals surface area contributed by atoms with Crippen LogP contribution in [-0.2, 0) is 6.54 Å². The Morgan fingerprint density at radius 2 is 2.05 bits per heavy atom. The molecule has 0 aliphatic rings. The molecule has 0 saturated heterocycles. The maximum atomic E-state index is 13.2. The van der Waals surface area contributed by atoms with Gasteiger partial charge >= 0.3 is 0 Å². The molecule has 1 aromatic heterocycles. The van der Waals surface area contributed by atoms with E-state index >= 15 is 0 Å². The van der Waals surface area contributed by atoms with Crippen molar-refractivity contribution in [3.8, 4) is 0 Å². The lowest BCUT2D eigenvalue weighted by atomic mass is 10.2. The number of hydrogen-bond donors (Lipinski definition) is 1. The van der Waals surface area contributed by atoms with E-state index in [1.807, 2.05) is 24.3 Å². The minimum absolute atomic E-state index is 0.255. The maximum Gasteiger partial charge on any atom is 0.155 e. The molecule has 0 radical (unpaired) electrons. The normalized spacial score (nSPS) is 11.1. The van der Waals surface area contributed by atoms with Gasteiger partial charge in [0.15, 0.2) is 4.34 Å². The van der Waals surface area contributed by atoms with Crippen LogP contribution in [0.5, 0.6) is 0 Å². The third-order valence-electron chi connectivity index (χ3n) is 2.71. The Morgan fingerprint density at radius 3 is 2.84 bits per heavy atom. The average molecular weight is 290 g/mol. The number of para-hydroxylation sites is 1. The van der Waals surface area contributed by atoms with Gasteiger partial charge in [0.2, 0.25) is 0 Å². The number of thiazole rings is 1. The summed E-state index contributed by atoms with van der Waals surface area (Å²) in [6.45, 7) is 0.324. The molecule has 2 nitrogen and oxygen atoms in total. The molecule has 0 fully saturated rings. The van der Waals surface area contributed by atoms with Crippen LogP contribution in [0.2, 0.25) is 0 Å². The first-order valence-electron chi connectivity index (χ1n) is 5.78. The monoisotopic (exact) mass is 290 g/mol. The minimum Gasteiger partial charge on any atom is -0.326 e. The second kappa shape index (κ2) is 5.28. The van der Waals surface area contributed by atoms with E-state index in [0.717, 1.165) is 25.0 Å². The number of hydrogen-bond acceptors (Lipinski definition) is 4.